The predicted octanol–water partition coefficient (Wildman–Crippen LogP) is 11.5. The zero-order chi connectivity index (χ0) is 32.5. The van der Waals surface area contributed by atoms with Gasteiger partial charge in [0.1, 0.15) is 6.17 Å². The number of benzene rings is 6. The number of rotatable bonds is 6. The van der Waals surface area contributed by atoms with E-state index in [-0.39, 0.29) is 12.2 Å². The van der Waals surface area contributed by atoms with E-state index in [0.717, 1.165) is 12.8 Å². The Bertz CT molecular complexity index is 2140. The molecule has 0 amide bonds. The minimum atomic E-state index is 0.0407. The van der Waals surface area contributed by atoms with Crippen molar-refractivity contribution in [3.8, 4) is 22.3 Å². The molecule has 0 saturated carbocycles. The van der Waals surface area contributed by atoms with Gasteiger partial charge in [-0.25, -0.2) is 0 Å². The quantitative estimate of drug-likeness (QED) is 0.183. The van der Waals surface area contributed by atoms with Crippen LogP contribution in [0.1, 0.15) is 41.7 Å². The van der Waals surface area contributed by atoms with Gasteiger partial charge in [-0.05, 0) is 86.8 Å². The van der Waals surface area contributed by atoms with Crippen LogP contribution in [0.25, 0.3) is 38.6 Å². The third kappa shape index (κ3) is 5.59. The molecule has 2 nitrogen and oxygen atoms in total. The van der Waals surface area contributed by atoms with Gasteiger partial charge in [0.25, 0.3) is 0 Å². The molecule has 2 heteroatoms. The van der Waals surface area contributed by atoms with E-state index in [1.165, 1.54) is 66.6 Å². The Morgan fingerprint density at radius 1 is 0.479 bits per heavy atom. The highest BCUT2D eigenvalue weighted by Gasteiger charge is 2.36. The fourth-order valence-corrected chi connectivity index (χ4v) is 7.70. The zero-order valence-electron chi connectivity index (χ0n) is 27.6. The molecule has 0 saturated heterocycles. The molecule has 8 rings (SSSR count). The van der Waals surface area contributed by atoms with Crippen LogP contribution in [0.4, 0.5) is 0 Å². The third-order valence-corrected chi connectivity index (χ3v) is 10.2. The summed E-state index contributed by atoms with van der Waals surface area (Å²) in [5.41, 5.74) is 13.1. The first-order valence-corrected chi connectivity index (χ1v) is 17.0. The summed E-state index contributed by atoms with van der Waals surface area (Å²) in [6.07, 6.45) is 9.28. The molecule has 0 aromatic heterocycles. The number of likely N-dealkylation sites (N-methyl/N-ethyl adjacent to an activating group) is 2. The van der Waals surface area contributed by atoms with E-state index in [1.54, 1.807) is 0 Å². The second kappa shape index (κ2) is 13.0. The fraction of sp³-hybridized carbons (Fsp3) is 0.130. The Balaban J connectivity index is 1.24. The van der Waals surface area contributed by atoms with Gasteiger partial charge >= 0.3 is 0 Å². The van der Waals surface area contributed by atoms with Crippen LogP contribution >= 0.6 is 0 Å². The number of nitrogens with zero attached hydrogens (tertiary/aromatic N) is 2. The fourth-order valence-electron chi connectivity index (χ4n) is 7.70. The molecule has 234 valence electrons. The summed E-state index contributed by atoms with van der Waals surface area (Å²) >= 11 is 0. The van der Waals surface area contributed by atoms with Crippen molar-refractivity contribution in [3.63, 3.8) is 0 Å². The Morgan fingerprint density at radius 2 is 1.02 bits per heavy atom. The molecule has 0 spiro atoms. The highest BCUT2D eigenvalue weighted by atomic mass is 15.4. The van der Waals surface area contributed by atoms with E-state index < -0.39 is 0 Å². The third-order valence-electron chi connectivity index (χ3n) is 10.2. The molecule has 1 heterocycles. The van der Waals surface area contributed by atoms with Gasteiger partial charge in [-0.3, -0.25) is 4.90 Å². The predicted molar refractivity (Wildman–Crippen MR) is 202 cm³/mol. The lowest BCUT2D eigenvalue weighted by Gasteiger charge is -2.47. The molecule has 1 aliphatic heterocycles. The average molecular weight is 621 g/mol. The average Bonchev–Trinajstić information content (AvgIpc) is 3.16. The molecule has 0 radical (unpaired) electrons. The van der Waals surface area contributed by atoms with Crippen molar-refractivity contribution in [2.45, 2.75) is 25.0 Å². The molecule has 2 aliphatic rings. The van der Waals surface area contributed by atoms with E-state index in [1.807, 2.05) is 0 Å². The van der Waals surface area contributed by atoms with Gasteiger partial charge in [-0.15, -0.1) is 0 Å². The van der Waals surface area contributed by atoms with Gasteiger partial charge in [-0.2, -0.15) is 0 Å². The monoisotopic (exact) mass is 620 g/mol. The molecule has 0 bridgehead atoms. The van der Waals surface area contributed by atoms with E-state index in [0.29, 0.717) is 0 Å². The summed E-state index contributed by atoms with van der Waals surface area (Å²) in [4.78, 5) is 5.05. The first kappa shape index (κ1) is 29.9. The van der Waals surface area contributed by atoms with Crippen molar-refractivity contribution in [1.29, 1.82) is 0 Å². The Labute approximate surface area is 284 Å². The van der Waals surface area contributed by atoms with Crippen molar-refractivity contribution in [1.82, 2.24) is 9.80 Å². The summed E-state index contributed by atoms with van der Waals surface area (Å²) in [6, 6.07) is 55.1. The van der Waals surface area contributed by atoms with Crippen LogP contribution in [0.3, 0.4) is 0 Å². The van der Waals surface area contributed by atoms with Crippen LogP contribution in [0, 0.1) is 0 Å². The van der Waals surface area contributed by atoms with Crippen molar-refractivity contribution in [2.24, 2.45) is 0 Å². The number of fused-ring (bicyclic) bond motifs is 1. The molecule has 48 heavy (non-hydrogen) atoms. The first-order valence-electron chi connectivity index (χ1n) is 17.0. The second-order valence-electron chi connectivity index (χ2n) is 13.0. The van der Waals surface area contributed by atoms with E-state index in [9.17, 15) is 0 Å². The lowest BCUT2D eigenvalue weighted by Crippen LogP contribution is -2.43. The van der Waals surface area contributed by atoms with Crippen molar-refractivity contribution >= 4 is 16.3 Å². The Kier molecular flexibility index (Phi) is 8.10. The Hall–Kier alpha value is -5.44. The lowest BCUT2D eigenvalue weighted by atomic mass is 9.87. The Morgan fingerprint density at radius 3 is 1.67 bits per heavy atom. The standard InChI is InChI=1S/C46H40N2/c1-47-44(38-26-22-35(23-27-38)33-14-6-3-7-15-33)32-45(39-28-24-36(25-29-39)34-16-8-4-9-17-34)48(2)46(47)43-31-30-40(37-18-10-5-11-19-37)41-20-12-13-21-42(41)43/h3-24,26-28,30-32,44,46H,25,29H2,1-2H3. The summed E-state index contributed by atoms with van der Waals surface area (Å²) in [7, 11) is 4.56. The highest BCUT2D eigenvalue weighted by molar-refractivity contribution is 5.98. The highest BCUT2D eigenvalue weighted by Crippen LogP contribution is 2.45. The van der Waals surface area contributed by atoms with Crippen molar-refractivity contribution in [2.75, 3.05) is 14.1 Å². The number of hydrogen-bond acceptors (Lipinski definition) is 2. The smallest absolute Gasteiger partial charge is 0.109 e. The maximum Gasteiger partial charge on any atom is 0.109 e. The van der Waals surface area contributed by atoms with Crippen LogP contribution in [0.5, 0.6) is 0 Å². The van der Waals surface area contributed by atoms with E-state index in [4.69, 9.17) is 0 Å². The van der Waals surface area contributed by atoms with Crippen LogP contribution in [0.15, 0.2) is 181 Å². The summed E-state index contributed by atoms with van der Waals surface area (Å²) in [5.74, 6) is 0. The van der Waals surface area contributed by atoms with Gasteiger partial charge in [0.05, 0.1) is 6.04 Å². The topological polar surface area (TPSA) is 6.48 Å². The summed E-state index contributed by atoms with van der Waals surface area (Å²) in [5, 5.41) is 2.58. The SMILES string of the molecule is CN1C(C2=CC=C(c3ccccc3)CC2)=CC(c2ccc(-c3ccccc3)cc2)N(C)C1c1ccc(-c2ccccc2)c2ccccc12. The van der Waals surface area contributed by atoms with Gasteiger partial charge < -0.3 is 4.90 Å². The molecule has 6 aromatic carbocycles. The maximum atomic E-state index is 2.54. The molecule has 1 aliphatic carbocycles. The molecular weight excluding hydrogens is 581 g/mol. The summed E-state index contributed by atoms with van der Waals surface area (Å²) in [6.45, 7) is 0. The second-order valence-corrected chi connectivity index (χ2v) is 13.0. The van der Waals surface area contributed by atoms with Gasteiger partial charge in [0, 0.05) is 12.7 Å². The van der Waals surface area contributed by atoms with Crippen molar-refractivity contribution < 1.29 is 0 Å². The van der Waals surface area contributed by atoms with Crippen LogP contribution < -0.4 is 0 Å². The molecule has 2 atom stereocenters. The maximum absolute atomic E-state index is 2.54. The van der Waals surface area contributed by atoms with E-state index in [2.05, 4.69) is 194 Å². The van der Waals surface area contributed by atoms with Crippen molar-refractivity contribution in [3.05, 3.63) is 198 Å². The number of allylic oxidation sites excluding steroid dienone is 4. The largest absolute Gasteiger partial charge is 0.355 e. The molecule has 2 unspecified atom stereocenters. The number of hydrogen-bond donors (Lipinski definition) is 0. The minimum absolute atomic E-state index is 0.0407. The summed E-state index contributed by atoms with van der Waals surface area (Å²) < 4.78 is 0. The lowest BCUT2D eigenvalue weighted by molar-refractivity contribution is 0.0690. The molecule has 0 fully saturated rings. The van der Waals surface area contributed by atoms with Crippen LogP contribution in [0.2, 0.25) is 0 Å². The van der Waals surface area contributed by atoms with Gasteiger partial charge in [-0.1, -0.05) is 164 Å². The molecule has 6 aromatic rings. The first-order chi connectivity index (χ1) is 23.7. The molecule has 0 N–H and O–H groups in total. The van der Waals surface area contributed by atoms with Gasteiger partial charge in [0.2, 0.25) is 0 Å². The van der Waals surface area contributed by atoms with E-state index >= 15 is 0 Å². The van der Waals surface area contributed by atoms with Gasteiger partial charge in [0.15, 0.2) is 0 Å². The van der Waals surface area contributed by atoms with Crippen LogP contribution in [-0.2, 0) is 0 Å². The van der Waals surface area contributed by atoms with Crippen LogP contribution in [-0.4, -0.2) is 23.9 Å². The molecular formula is C46H40N2. The normalized spacial score (nSPS) is 18.3. The zero-order valence-corrected chi connectivity index (χ0v) is 27.6. The minimum Gasteiger partial charge on any atom is -0.355 e.